The summed E-state index contributed by atoms with van der Waals surface area (Å²) in [5.41, 5.74) is 0.674. The fourth-order valence-electron chi connectivity index (χ4n) is 1.80. The van der Waals surface area contributed by atoms with Crippen molar-refractivity contribution in [3.05, 3.63) is 29.6 Å². The van der Waals surface area contributed by atoms with Gasteiger partial charge in [0.15, 0.2) is 0 Å². The number of rotatable bonds is 1. The number of nitrogens with zero attached hydrogens (tertiary/aromatic N) is 1. The van der Waals surface area contributed by atoms with Crippen LogP contribution in [0.2, 0.25) is 0 Å². The van der Waals surface area contributed by atoms with Crippen LogP contribution in [-0.2, 0) is 11.3 Å². The Kier molecular flexibility index (Phi) is 3.52. The van der Waals surface area contributed by atoms with Gasteiger partial charge in [0.05, 0.1) is 6.54 Å². The molecule has 0 unspecified atom stereocenters. The maximum Gasteiger partial charge on any atom is 0.240 e. The molecular formula is C12H13ClFNO2. The Balaban J connectivity index is 2.24. The van der Waals surface area contributed by atoms with Crippen LogP contribution in [0, 0.1) is 5.82 Å². The Bertz CT molecular complexity index is 437. The summed E-state index contributed by atoms with van der Waals surface area (Å²) in [6.45, 7) is 2.82. The zero-order chi connectivity index (χ0) is 12.4. The van der Waals surface area contributed by atoms with Crippen molar-refractivity contribution in [2.45, 2.75) is 18.8 Å². The summed E-state index contributed by atoms with van der Waals surface area (Å²) in [4.78, 5) is 13.4. The Morgan fingerprint density at radius 2 is 2.35 bits per heavy atom. The highest BCUT2D eigenvalue weighted by Gasteiger charge is 2.22. The van der Waals surface area contributed by atoms with E-state index in [0.717, 1.165) is 0 Å². The van der Waals surface area contributed by atoms with E-state index in [1.165, 1.54) is 12.1 Å². The molecule has 0 aliphatic carbocycles. The van der Waals surface area contributed by atoms with Crippen molar-refractivity contribution >= 4 is 17.5 Å². The van der Waals surface area contributed by atoms with E-state index in [4.69, 9.17) is 16.3 Å². The minimum Gasteiger partial charge on any atom is -0.491 e. The number of alkyl halides is 1. The van der Waals surface area contributed by atoms with Gasteiger partial charge < -0.3 is 9.64 Å². The second kappa shape index (κ2) is 4.92. The number of hydrogen-bond acceptors (Lipinski definition) is 2. The van der Waals surface area contributed by atoms with Crippen LogP contribution >= 0.6 is 11.6 Å². The second-order valence-electron chi connectivity index (χ2n) is 3.98. The maximum atomic E-state index is 13.1. The molecule has 0 saturated carbocycles. The van der Waals surface area contributed by atoms with Gasteiger partial charge in [-0.1, -0.05) is 0 Å². The SMILES string of the molecule is C[C@H](Cl)C(=O)N1CCOc2ccc(F)cc2C1. The first kappa shape index (κ1) is 12.2. The molecule has 0 aromatic heterocycles. The summed E-state index contributed by atoms with van der Waals surface area (Å²) in [6, 6.07) is 4.32. The van der Waals surface area contributed by atoms with Crippen molar-refractivity contribution in [2.24, 2.45) is 0 Å². The fraction of sp³-hybridized carbons (Fsp3) is 0.417. The van der Waals surface area contributed by atoms with E-state index < -0.39 is 5.38 Å². The molecule has 5 heteroatoms. The largest absolute Gasteiger partial charge is 0.491 e. The van der Waals surface area contributed by atoms with E-state index in [1.54, 1.807) is 17.9 Å². The Hall–Kier alpha value is -1.29. The predicted molar refractivity (Wildman–Crippen MR) is 62.6 cm³/mol. The molecule has 1 amide bonds. The van der Waals surface area contributed by atoms with Gasteiger partial charge in [-0.3, -0.25) is 4.79 Å². The summed E-state index contributed by atoms with van der Waals surface area (Å²) in [6.07, 6.45) is 0. The van der Waals surface area contributed by atoms with Gasteiger partial charge in [-0.05, 0) is 25.1 Å². The van der Waals surface area contributed by atoms with Crippen LogP contribution in [0.15, 0.2) is 18.2 Å². The van der Waals surface area contributed by atoms with Gasteiger partial charge in [-0.15, -0.1) is 11.6 Å². The number of benzene rings is 1. The van der Waals surface area contributed by atoms with Gasteiger partial charge in [0.25, 0.3) is 0 Å². The summed E-state index contributed by atoms with van der Waals surface area (Å²) in [7, 11) is 0. The predicted octanol–water partition coefficient (Wildman–Crippen LogP) is 2.17. The molecule has 1 aliphatic rings. The third-order valence-electron chi connectivity index (χ3n) is 2.65. The van der Waals surface area contributed by atoms with E-state index in [0.29, 0.717) is 31.0 Å². The van der Waals surface area contributed by atoms with Crippen LogP contribution in [0.25, 0.3) is 0 Å². The summed E-state index contributed by atoms with van der Waals surface area (Å²) in [5.74, 6) is 0.136. The zero-order valence-electron chi connectivity index (χ0n) is 9.45. The lowest BCUT2D eigenvalue weighted by Gasteiger charge is -2.20. The topological polar surface area (TPSA) is 29.5 Å². The molecule has 1 atom stereocenters. The number of hydrogen-bond donors (Lipinski definition) is 0. The molecule has 1 aliphatic heterocycles. The van der Waals surface area contributed by atoms with Crippen molar-refractivity contribution in [1.29, 1.82) is 0 Å². The first-order chi connectivity index (χ1) is 8.08. The summed E-state index contributed by atoms with van der Waals surface area (Å²) >= 11 is 5.77. The monoisotopic (exact) mass is 257 g/mol. The molecule has 0 bridgehead atoms. The normalized spacial score (nSPS) is 16.8. The summed E-state index contributed by atoms with van der Waals surface area (Å²) < 4.78 is 18.6. The number of carbonyl (C=O) groups is 1. The molecule has 0 saturated heterocycles. The fourth-order valence-corrected chi connectivity index (χ4v) is 1.94. The van der Waals surface area contributed by atoms with E-state index in [9.17, 15) is 9.18 Å². The second-order valence-corrected chi connectivity index (χ2v) is 4.63. The lowest BCUT2D eigenvalue weighted by molar-refractivity contribution is -0.131. The zero-order valence-corrected chi connectivity index (χ0v) is 10.2. The van der Waals surface area contributed by atoms with Crippen molar-refractivity contribution in [2.75, 3.05) is 13.2 Å². The molecule has 1 aromatic carbocycles. The first-order valence-corrected chi connectivity index (χ1v) is 5.85. The van der Waals surface area contributed by atoms with Gasteiger partial charge in [-0.25, -0.2) is 4.39 Å². The average molecular weight is 258 g/mol. The maximum absolute atomic E-state index is 13.1. The molecule has 3 nitrogen and oxygen atoms in total. The van der Waals surface area contributed by atoms with E-state index >= 15 is 0 Å². The number of fused-ring (bicyclic) bond motifs is 1. The van der Waals surface area contributed by atoms with Gasteiger partial charge in [0.1, 0.15) is 23.6 Å². The van der Waals surface area contributed by atoms with Gasteiger partial charge in [0.2, 0.25) is 5.91 Å². The molecule has 1 aromatic rings. The van der Waals surface area contributed by atoms with Crippen molar-refractivity contribution in [3.8, 4) is 5.75 Å². The van der Waals surface area contributed by atoms with Crippen molar-refractivity contribution in [1.82, 2.24) is 4.90 Å². The Morgan fingerprint density at radius 3 is 3.06 bits per heavy atom. The third-order valence-corrected chi connectivity index (χ3v) is 2.84. The van der Waals surface area contributed by atoms with Crippen molar-refractivity contribution < 1.29 is 13.9 Å². The molecule has 2 rings (SSSR count). The van der Waals surface area contributed by atoms with Crippen LogP contribution < -0.4 is 4.74 Å². The lowest BCUT2D eigenvalue weighted by atomic mass is 10.2. The quantitative estimate of drug-likeness (QED) is 0.722. The minimum atomic E-state index is -0.579. The molecular weight excluding hydrogens is 245 g/mol. The molecule has 17 heavy (non-hydrogen) atoms. The van der Waals surface area contributed by atoms with Crippen LogP contribution in [0.4, 0.5) is 4.39 Å². The Morgan fingerprint density at radius 1 is 1.59 bits per heavy atom. The van der Waals surface area contributed by atoms with Crippen LogP contribution in [0.5, 0.6) is 5.75 Å². The van der Waals surface area contributed by atoms with Gasteiger partial charge in [-0.2, -0.15) is 0 Å². The highest BCUT2D eigenvalue weighted by atomic mass is 35.5. The van der Waals surface area contributed by atoms with Crippen LogP contribution in [0.1, 0.15) is 12.5 Å². The first-order valence-electron chi connectivity index (χ1n) is 5.42. The number of carbonyl (C=O) groups excluding carboxylic acids is 1. The highest BCUT2D eigenvalue weighted by Crippen LogP contribution is 2.24. The van der Waals surface area contributed by atoms with E-state index in [2.05, 4.69) is 0 Å². The average Bonchev–Trinajstić information content (AvgIpc) is 2.49. The van der Waals surface area contributed by atoms with Crippen LogP contribution in [0.3, 0.4) is 0 Å². The number of ether oxygens (including phenoxy) is 1. The smallest absolute Gasteiger partial charge is 0.240 e. The van der Waals surface area contributed by atoms with Crippen LogP contribution in [-0.4, -0.2) is 29.3 Å². The van der Waals surface area contributed by atoms with Crippen molar-refractivity contribution in [3.63, 3.8) is 0 Å². The molecule has 0 radical (unpaired) electrons. The Labute approximate surface area is 104 Å². The van der Waals surface area contributed by atoms with Gasteiger partial charge >= 0.3 is 0 Å². The number of amides is 1. The molecule has 1 heterocycles. The third kappa shape index (κ3) is 2.69. The minimum absolute atomic E-state index is 0.160. The van der Waals surface area contributed by atoms with E-state index in [1.807, 2.05) is 0 Å². The summed E-state index contributed by atoms with van der Waals surface area (Å²) in [5, 5.41) is -0.579. The highest BCUT2D eigenvalue weighted by molar-refractivity contribution is 6.30. The van der Waals surface area contributed by atoms with E-state index in [-0.39, 0.29) is 11.7 Å². The standard InChI is InChI=1S/C12H13ClFNO2/c1-8(13)12(16)15-4-5-17-11-3-2-10(14)6-9(11)7-15/h2-3,6,8H,4-5,7H2,1H3/t8-/m0/s1. The lowest BCUT2D eigenvalue weighted by Crippen LogP contribution is -2.36. The molecule has 0 spiro atoms. The molecule has 0 fully saturated rings. The molecule has 92 valence electrons. The molecule has 0 N–H and O–H groups in total. The number of halogens is 2. The van der Waals surface area contributed by atoms with Gasteiger partial charge in [0, 0.05) is 12.1 Å².